The summed E-state index contributed by atoms with van der Waals surface area (Å²) in [6, 6.07) is 27.8. The van der Waals surface area contributed by atoms with Crippen LogP contribution >= 0.6 is 23.2 Å². The summed E-state index contributed by atoms with van der Waals surface area (Å²) < 4.78 is 0. The van der Waals surface area contributed by atoms with E-state index in [1.807, 2.05) is 44.2 Å². The van der Waals surface area contributed by atoms with Gasteiger partial charge in [-0.15, -0.1) is 0 Å². The lowest BCUT2D eigenvalue weighted by Gasteiger charge is -2.23. The van der Waals surface area contributed by atoms with Crippen molar-refractivity contribution in [2.24, 2.45) is 11.0 Å². The third kappa shape index (κ3) is 10.0. The Morgan fingerprint density at radius 2 is 1.44 bits per heavy atom. The van der Waals surface area contributed by atoms with E-state index in [9.17, 15) is 19.8 Å². The monoisotopic (exact) mass is 648 g/mol. The third-order valence-electron chi connectivity index (χ3n) is 6.51. The highest BCUT2D eigenvalue weighted by Gasteiger charge is 2.34. The fourth-order valence-electron chi connectivity index (χ4n) is 4.38. The molecule has 0 fully saturated rings. The first kappa shape index (κ1) is 36.8. The van der Waals surface area contributed by atoms with Crippen LogP contribution < -0.4 is 0 Å². The van der Waals surface area contributed by atoms with Crippen molar-refractivity contribution in [1.29, 1.82) is 0 Å². The molecule has 1 atom stereocenters. The van der Waals surface area contributed by atoms with Gasteiger partial charge < -0.3 is 15.3 Å². The third-order valence-corrected chi connectivity index (χ3v) is 7.17. The Morgan fingerprint density at radius 3 is 2.04 bits per heavy atom. The van der Waals surface area contributed by atoms with E-state index in [0.717, 1.165) is 29.5 Å². The molecule has 1 amide bonds. The second-order valence-corrected chi connectivity index (χ2v) is 10.8. The van der Waals surface area contributed by atoms with E-state index in [2.05, 4.69) is 5.10 Å². The maximum atomic E-state index is 12.6. The number of aliphatic hydroxyl groups is 1. The number of amides is 1. The fourth-order valence-corrected chi connectivity index (χ4v) is 4.85. The number of carbonyl (C=O) groups is 2. The first-order valence-corrected chi connectivity index (χ1v) is 14.5. The molecule has 45 heavy (non-hydrogen) atoms. The predicted octanol–water partition coefficient (Wildman–Crippen LogP) is 8.57. The number of hydrogen-bond donors (Lipinski definition) is 3. The molecule has 0 saturated carbocycles. The molecule has 3 N–H and O–H groups in total. The zero-order valence-electron chi connectivity index (χ0n) is 24.6. The number of ketones is 1. The van der Waals surface area contributed by atoms with Gasteiger partial charge in [0.05, 0.1) is 16.8 Å². The molecule has 5 rings (SSSR count). The number of aliphatic hydroxyl groups excluding tert-OH is 1. The van der Waals surface area contributed by atoms with Crippen LogP contribution in [0.25, 0.3) is 6.08 Å². The zero-order valence-corrected chi connectivity index (χ0v) is 26.1. The Morgan fingerprint density at radius 1 is 0.844 bits per heavy atom. The number of rotatable bonds is 6. The number of carbonyl (C=O) groups excluding carboxylic acids is 2. The molecule has 0 bridgehead atoms. The van der Waals surface area contributed by atoms with E-state index in [1.54, 1.807) is 72.8 Å². The summed E-state index contributed by atoms with van der Waals surface area (Å²) in [5.74, 6) is -0.0357. The molecule has 0 radical (unpaired) electrons. The van der Waals surface area contributed by atoms with Crippen molar-refractivity contribution < 1.29 is 24.9 Å². The van der Waals surface area contributed by atoms with Gasteiger partial charge in [-0.3, -0.25) is 9.59 Å². The van der Waals surface area contributed by atoms with Gasteiger partial charge in [0.2, 0.25) is 5.91 Å². The summed E-state index contributed by atoms with van der Waals surface area (Å²) in [5, 5.41) is 33.2. The molecule has 1 unspecified atom stereocenters. The molecule has 9 heteroatoms. The van der Waals surface area contributed by atoms with Crippen LogP contribution in [0, 0.1) is 5.92 Å². The summed E-state index contributed by atoms with van der Waals surface area (Å²) in [7, 11) is 1.00. The quantitative estimate of drug-likeness (QED) is 0.143. The predicted molar refractivity (Wildman–Crippen MR) is 183 cm³/mol. The molecule has 4 aromatic carbocycles. The SMILES string of the molecule is C.CC(C)C(=O)N1N=C(c2ccccc2Cl)CC1c1cccc(O)c1.CO.O=C(/C=C/c1cccc(O)c1)c1ccccc1Cl. The van der Waals surface area contributed by atoms with E-state index in [1.165, 1.54) is 11.1 Å². The number of halogens is 2. The molecule has 0 spiro atoms. The normalized spacial score (nSPS) is 13.6. The van der Waals surface area contributed by atoms with Crippen LogP contribution in [-0.2, 0) is 4.79 Å². The molecule has 1 aliphatic heterocycles. The summed E-state index contributed by atoms with van der Waals surface area (Å²) >= 11 is 12.2. The smallest absolute Gasteiger partial charge is 0.245 e. The molecular formula is C36H38Cl2N2O5. The number of allylic oxidation sites excluding steroid dienone is 1. The van der Waals surface area contributed by atoms with Crippen LogP contribution in [0.4, 0.5) is 0 Å². The second-order valence-electron chi connectivity index (χ2n) is 9.95. The van der Waals surface area contributed by atoms with Crippen molar-refractivity contribution in [3.8, 4) is 11.5 Å². The van der Waals surface area contributed by atoms with Crippen LogP contribution in [0.15, 0.2) is 108 Å². The highest BCUT2D eigenvalue weighted by molar-refractivity contribution is 6.35. The van der Waals surface area contributed by atoms with E-state index in [-0.39, 0.29) is 42.6 Å². The van der Waals surface area contributed by atoms with Crippen LogP contribution in [0.2, 0.25) is 10.0 Å². The van der Waals surface area contributed by atoms with Crippen LogP contribution in [0.3, 0.4) is 0 Å². The van der Waals surface area contributed by atoms with E-state index in [4.69, 9.17) is 28.3 Å². The summed E-state index contributed by atoms with van der Waals surface area (Å²) in [6.07, 6.45) is 3.65. The van der Waals surface area contributed by atoms with Crippen molar-refractivity contribution >= 4 is 46.7 Å². The maximum Gasteiger partial charge on any atom is 0.245 e. The van der Waals surface area contributed by atoms with Gasteiger partial charge in [0, 0.05) is 35.6 Å². The lowest BCUT2D eigenvalue weighted by Crippen LogP contribution is -2.30. The first-order valence-electron chi connectivity index (χ1n) is 13.8. The molecule has 0 saturated heterocycles. The lowest BCUT2D eigenvalue weighted by atomic mass is 9.97. The Hall–Kier alpha value is -4.43. The van der Waals surface area contributed by atoms with Gasteiger partial charge in [-0.1, -0.05) is 105 Å². The molecule has 0 aromatic heterocycles. The number of aromatic hydroxyl groups is 2. The van der Waals surface area contributed by atoms with E-state index >= 15 is 0 Å². The number of phenolic OH excluding ortho intramolecular Hbond substituents is 2. The van der Waals surface area contributed by atoms with Gasteiger partial charge in [-0.2, -0.15) is 5.10 Å². The Labute approximate surface area is 274 Å². The molecule has 7 nitrogen and oxygen atoms in total. The van der Waals surface area contributed by atoms with Crippen LogP contribution in [-0.4, -0.2) is 44.8 Å². The number of nitrogens with zero attached hydrogens (tertiary/aromatic N) is 2. The highest BCUT2D eigenvalue weighted by Crippen LogP contribution is 2.36. The largest absolute Gasteiger partial charge is 0.508 e. The van der Waals surface area contributed by atoms with Crippen LogP contribution in [0.5, 0.6) is 11.5 Å². The summed E-state index contributed by atoms with van der Waals surface area (Å²) in [5.41, 5.74) is 3.70. The second kappa shape index (κ2) is 17.8. The van der Waals surface area contributed by atoms with Gasteiger partial charge in [0.1, 0.15) is 11.5 Å². The van der Waals surface area contributed by atoms with E-state index in [0.29, 0.717) is 22.0 Å². The summed E-state index contributed by atoms with van der Waals surface area (Å²) in [4.78, 5) is 24.5. The number of phenols is 2. The Balaban J connectivity index is 0.000000301. The highest BCUT2D eigenvalue weighted by atomic mass is 35.5. The van der Waals surface area contributed by atoms with Crippen molar-refractivity contribution in [2.45, 2.75) is 33.7 Å². The minimum Gasteiger partial charge on any atom is -0.508 e. The molecule has 236 valence electrons. The molecular weight excluding hydrogens is 611 g/mol. The minimum absolute atomic E-state index is 0. The average Bonchev–Trinajstić information content (AvgIpc) is 3.46. The number of hydrazone groups is 1. The molecule has 1 aliphatic rings. The Bertz CT molecular complexity index is 1650. The van der Waals surface area contributed by atoms with Crippen molar-refractivity contribution in [2.75, 3.05) is 7.11 Å². The van der Waals surface area contributed by atoms with E-state index < -0.39 is 0 Å². The van der Waals surface area contributed by atoms with Gasteiger partial charge in [-0.25, -0.2) is 5.01 Å². The molecule has 4 aromatic rings. The Kier molecular flexibility index (Phi) is 14.5. The molecule has 1 heterocycles. The molecule has 0 aliphatic carbocycles. The van der Waals surface area contributed by atoms with Gasteiger partial charge in [0.15, 0.2) is 5.78 Å². The maximum absolute atomic E-state index is 12.6. The fraction of sp³-hybridized carbons (Fsp3) is 0.194. The average molecular weight is 650 g/mol. The van der Waals surface area contributed by atoms with Crippen molar-refractivity contribution in [1.82, 2.24) is 5.01 Å². The van der Waals surface area contributed by atoms with Gasteiger partial charge in [-0.05, 0) is 59.7 Å². The van der Waals surface area contributed by atoms with Crippen molar-refractivity contribution in [3.63, 3.8) is 0 Å². The topological polar surface area (TPSA) is 110 Å². The lowest BCUT2D eigenvalue weighted by molar-refractivity contribution is -0.136. The summed E-state index contributed by atoms with van der Waals surface area (Å²) in [6.45, 7) is 3.70. The first-order chi connectivity index (χ1) is 21.1. The number of hydrogen-bond acceptors (Lipinski definition) is 6. The van der Waals surface area contributed by atoms with Crippen LogP contribution in [0.1, 0.15) is 60.8 Å². The van der Waals surface area contributed by atoms with Gasteiger partial charge >= 0.3 is 0 Å². The standard InChI is InChI=1S/C19H19ClN2O2.C15H11ClO2.CH4O.CH4/c1-12(2)19(24)22-18(13-6-5-7-14(23)10-13)11-17(21-22)15-8-3-4-9-16(15)20;16-14-7-2-1-6-13(14)15(18)9-8-11-4-3-5-12(17)10-11;1-2;/h3-10,12,18,23H,11H2,1-2H3;1-10,17H;2H,1H3;1H4/b;9-8+;;. The zero-order chi connectivity index (χ0) is 32.2. The minimum atomic E-state index is -0.238. The van der Waals surface area contributed by atoms with Crippen molar-refractivity contribution in [3.05, 3.63) is 135 Å². The van der Waals surface area contributed by atoms with Gasteiger partial charge in [0.25, 0.3) is 0 Å². The number of benzene rings is 4.